The molecule has 13 atom stereocenters. The number of hydrogen-bond acceptors (Lipinski definition) is 16. The van der Waals surface area contributed by atoms with Gasteiger partial charge in [0.05, 0.1) is 17.6 Å². The summed E-state index contributed by atoms with van der Waals surface area (Å²) in [6.45, 7) is 37.5. The largest absolute Gasteiger partial charge is 0.390 e. The molecule has 0 aromatic carbocycles. The average Bonchev–Trinajstić information content (AvgIpc) is 0.804. The van der Waals surface area contributed by atoms with Crippen molar-refractivity contribution < 1.29 is 62.6 Å². The van der Waals surface area contributed by atoms with Crippen LogP contribution < -0.4 is 21.3 Å². The quantitative estimate of drug-likeness (QED) is 0.0403. The lowest BCUT2D eigenvalue weighted by atomic mass is 9.91. The van der Waals surface area contributed by atoms with Crippen LogP contribution in [0.25, 0.3) is 0 Å². The van der Waals surface area contributed by atoms with Crippen molar-refractivity contribution in [1.29, 1.82) is 0 Å². The van der Waals surface area contributed by atoms with Crippen LogP contribution in [0.4, 0.5) is 0 Å². The van der Waals surface area contributed by atoms with E-state index in [-0.39, 0.29) is 61.8 Å². The molecule has 5 N–H and O–H groups in total. The van der Waals surface area contributed by atoms with Crippen LogP contribution >= 0.6 is 23.5 Å². The second-order valence-corrected chi connectivity index (χ2v) is 32.0. The first kappa shape index (κ1) is 91.5. The third-order valence-corrected chi connectivity index (χ3v) is 20.5. The second-order valence-electron chi connectivity index (χ2n) is 30.0. The number of hydrogen-bond donors (Lipinski definition) is 5. The first-order valence-corrected chi connectivity index (χ1v) is 38.1. The van der Waals surface area contributed by atoms with E-state index in [9.17, 15) is 19.5 Å². The van der Waals surface area contributed by atoms with Gasteiger partial charge in [0.1, 0.15) is 60.4 Å². The number of amides is 11. The number of thioether (sulfide) groups is 2. The molecule has 570 valence electrons. The molecule has 0 aliphatic carbocycles. The molecule has 1 aliphatic heterocycles. The van der Waals surface area contributed by atoms with Gasteiger partial charge >= 0.3 is 0 Å². The van der Waals surface area contributed by atoms with E-state index in [2.05, 4.69) is 46.9 Å². The molecule has 25 nitrogen and oxygen atoms in total. The first-order chi connectivity index (χ1) is 45.8. The predicted molar refractivity (Wildman–Crippen MR) is 396 cm³/mol. The number of nitrogens with one attached hydrogen (secondary N) is 4. The predicted octanol–water partition coefficient (Wildman–Crippen LogP) is 5.91. The number of nitrogens with zero attached hydrogens (tertiary/aromatic N) is 8. The maximum absolute atomic E-state index is 15.7. The maximum Gasteiger partial charge on any atom is 0.256 e. The smallest absolute Gasteiger partial charge is 0.256 e. The number of carbonyl (C=O) groups excluding carboxylic acids is 11. The SMILES string of the molecule is C/C=C/C[C@@H](C)[C@@H](O)[C@H]1C(=O)N[C@@H](CC)C(=O)N(C)[C@H](SCCCN(CC)C(C)C)C(=O)N(C)[C@@H](CC(C)(C)OCSC)C(=O)N[C@@H](C(C)C)C(=O)N(C)[C@@H](CC(C)C)C(=O)N[C@@H](C)C(=O)N[C@H](C)C(=O)N(C)[C@@H](CC(C)C)C(=O)N(C)[C@@H](CC(C)C)C(=O)N(C)[C@@H](C(C)C)C(=O)N1C. The third-order valence-electron chi connectivity index (χ3n) is 18.8. The van der Waals surface area contributed by atoms with Crippen molar-refractivity contribution in [3.05, 3.63) is 12.2 Å². The van der Waals surface area contributed by atoms with Gasteiger partial charge in [0.15, 0.2) is 5.37 Å². The summed E-state index contributed by atoms with van der Waals surface area (Å²) in [5.74, 6) is -9.34. The Kier molecular flexibility index (Phi) is 39.6. The van der Waals surface area contributed by atoms with Gasteiger partial charge in [-0.3, -0.25) is 52.7 Å². The number of aliphatic hydroxyl groups excluding tert-OH is 1. The minimum absolute atomic E-state index is 0.0140. The molecule has 11 amide bonds. The average molecular weight is 1440 g/mol. The molecule has 1 saturated heterocycles. The fourth-order valence-electron chi connectivity index (χ4n) is 12.4. The highest BCUT2D eigenvalue weighted by Gasteiger charge is 2.47. The van der Waals surface area contributed by atoms with Crippen LogP contribution in [-0.2, 0) is 57.5 Å². The molecule has 0 spiro atoms. The lowest BCUT2D eigenvalue weighted by molar-refractivity contribution is -0.157. The van der Waals surface area contributed by atoms with Crippen LogP contribution in [0.2, 0.25) is 0 Å². The molecular formula is C72H132N12O13S2. The van der Waals surface area contributed by atoms with E-state index in [4.69, 9.17) is 4.74 Å². The summed E-state index contributed by atoms with van der Waals surface area (Å²) < 4.78 is 6.26. The Morgan fingerprint density at radius 2 is 1.02 bits per heavy atom. The van der Waals surface area contributed by atoms with Gasteiger partial charge in [0.25, 0.3) is 5.91 Å². The van der Waals surface area contributed by atoms with E-state index >= 15 is 38.4 Å². The Bertz CT molecular complexity index is 2680. The highest BCUT2D eigenvalue weighted by molar-refractivity contribution is 8.00. The molecule has 1 fully saturated rings. The minimum Gasteiger partial charge on any atom is -0.390 e. The fraction of sp³-hybridized carbons (Fsp3) is 0.819. The lowest BCUT2D eigenvalue weighted by Gasteiger charge is -2.41. The van der Waals surface area contributed by atoms with Gasteiger partial charge in [-0.1, -0.05) is 102 Å². The summed E-state index contributed by atoms with van der Waals surface area (Å²) in [6.07, 6.45) is 5.13. The monoisotopic (exact) mass is 1440 g/mol. The molecule has 0 radical (unpaired) electrons. The Morgan fingerprint density at radius 3 is 1.49 bits per heavy atom. The fourth-order valence-corrected chi connectivity index (χ4v) is 14.0. The summed E-state index contributed by atoms with van der Waals surface area (Å²) in [6, 6.07) is -12.7. The summed E-state index contributed by atoms with van der Waals surface area (Å²) in [7, 11) is 10.1. The molecule has 0 saturated carbocycles. The number of ether oxygens (including phenoxy) is 1. The van der Waals surface area contributed by atoms with Crippen molar-refractivity contribution in [3.63, 3.8) is 0 Å². The number of rotatable bonds is 25. The highest BCUT2D eigenvalue weighted by Crippen LogP contribution is 2.29. The summed E-state index contributed by atoms with van der Waals surface area (Å²) in [5, 5.41) is 22.3. The van der Waals surface area contributed by atoms with Crippen LogP contribution in [-0.4, -0.2) is 273 Å². The van der Waals surface area contributed by atoms with Gasteiger partial charge < -0.3 is 70.3 Å². The Hall–Kier alpha value is -5.51. The van der Waals surface area contributed by atoms with E-state index in [1.807, 2.05) is 60.8 Å². The zero-order valence-corrected chi connectivity index (χ0v) is 67.3. The van der Waals surface area contributed by atoms with Crippen molar-refractivity contribution in [2.24, 2.45) is 35.5 Å². The van der Waals surface area contributed by atoms with Crippen LogP contribution in [0.5, 0.6) is 0 Å². The molecule has 1 heterocycles. The molecule has 0 aromatic heterocycles. The van der Waals surface area contributed by atoms with Crippen molar-refractivity contribution in [3.8, 4) is 0 Å². The van der Waals surface area contributed by atoms with E-state index in [1.165, 1.54) is 116 Å². The van der Waals surface area contributed by atoms with Crippen LogP contribution in [0.15, 0.2) is 12.2 Å². The van der Waals surface area contributed by atoms with E-state index in [1.54, 1.807) is 61.5 Å². The van der Waals surface area contributed by atoms with Crippen molar-refractivity contribution >= 4 is 88.5 Å². The number of likely N-dealkylation sites (N-methyl/N-ethyl adjacent to an activating group) is 7. The maximum atomic E-state index is 15.7. The number of carbonyl (C=O) groups is 11. The van der Waals surface area contributed by atoms with E-state index in [0.717, 1.165) is 11.4 Å². The standard InChI is InChI=1S/C72H132N12O13S2/c1-29-32-34-48(16)59(85)58-63(89)75-51(30-2)65(91)83(27)71(99-36-33-35-84(31-3)47(14)15)70(96)80(24)55(40-72(19,20)97-41-98-28)62(88)76-56(45(10)11)68(94)77(21)52(37-42(4)5)61(87)73-49(17)60(86)74-50(18)64(90)78(22)53(38-43(6)7)66(92)79(23)54(39-44(8)9)67(93)81(25)57(46(12)13)69(95)82(58)26/h29,32,42-59,71,85H,30-31,33-41H2,1-28H3,(H,73,87)(H,74,86)(H,75,89)(H,76,88)/b32-29+/t48-,49+,50-,51+,52+,53+,54+,55+,56+,57+,58+,59-,71-/m1/s1. The molecule has 1 aliphatic rings. The topological polar surface area (TPSA) is 291 Å². The van der Waals surface area contributed by atoms with Crippen molar-refractivity contribution in [2.75, 3.05) is 80.4 Å². The second kappa shape index (κ2) is 42.8. The normalized spacial score (nSPS) is 25.8. The van der Waals surface area contributed by atoms with Gasteiger partial charge in [0, 0.05) is 61.8 Å². The highest BCUT2D eigenvalue weighted by atomic mass is 32.2. The summed E-state index contributed by atoms with van der Waals surface area (Å²) in [5.41, 5.74) is -1.06. The molecule has 0 unspecified atom stereocenters. The molecular weight excluding hydrogens is 1300 g/mol. The van der Waals surface area contributed by atoms with Gasteiger partial charge in [0.2, 0.25) is 59.1 Å². The molecule has 0 aromatic rings. The van der Waals surface area contributed by atoms with Crippen molar-refractivity contribution in [1.82, 2.24) is 60.5 Å². The zero-order chi connectivity index (χ0) is 76.6. The summed E-state index contributed by atoms with van der Waals surface area (Å²) in [4.78, 5) is 177. The first-order valence-electron chi connectivity index (χ1n) is 35.7. The molecule has 0 bridgehead atoms. The Morgan fingerprint density at radius 1 is 0.545 bits per heavy atom. The van der Waals surface area contributed by atoms with Crippen LogP contribution in [0.3, 0.4) is 0 Å². The molecule has 1 rings (SSSR count). The molecule has 99 heavy (non-hydrogen) atoms. The number of allylic oxidation sites excluding steroid dienone is 2. The number of aliphatic hydroxyl groups is 1. The van der Waals surface area contributed by atoms with E-state index < -0.39 is 160 Å². The van der Waals surface area contributed by atoms with Gasteiger partial charge in [-0.15, -0.1) is 23.5 Å². The van der Waals surface area contributed by atoms with Gasteiger partial charge in [-0.05, 0) is 148 Å². The Labute approximate surface area is 603 Å². The van der Waals surface area contributed by atoms with Gasteiger partial charge in [-0.2, -0.15) is 0 Å². The lowest BCUT2D eigenvalue weighted by Crippen LogP contribution is -2.64. The van der Waals surface area contributed by atoms with Gasteiger partial charge in [-0.25, -0.2) is 0 Å². The minimum atomic E-state index is -1.65. The van der Waals surface area contributed by atoms with Crippen molar-refractivity contribution in [2.45, 2.75) is 267 Å². The van der Waals surface area contributed by atoms with Crippen LogP contribution in [0.1, 0.15) is 183 Å². The van der Waals surface area contributed by atoms with Crippen LogP contribution in [0, 0.1) is 35.5 Å². The summed E-state index contributed by atoms with van der Waals surface area (Å²) >= 11 is 2.60. The Balaban J connectivity index is 4.68. The van der Waals surface area contributed by atoms with E-state index in [0.29, 0.717) is 25.1 Å². The third kappa shape index (κ3) is 27.0. The molecule has 27 heteroatoms. The zero-order valence-electron chi connectivity index (χ0n) is 65.6.